The highest BCUT2D eigenvalue weighted by molar-refractivity contribution is 7.80. The molecule has 2 rings (SSSR count). The SMILES string of the molecule is COc1cc(/C=N\NC(=S)Nc2cccc(C)c2C)cc(OC)c1OC(C)=O. The number of methoxy groups -OCH3 is 2. The van der Waals surface area contributed by atoms with Crippen LogP contribution in [-0.4, -0.2) is 31.5 Å². The minimum atomic E-state index is -0.470. The first-order valence-corrected chi connectivity index (χ1v) is 8.87. The fraction of sp³-hybridized carbons (Fsp3) is 0.250. The first-order valence-electron chi connectivity index (χ1n) is 8.46. The second-order valence-corrected chi connectivity index (χ2v) is 6.33. The summed E-state index contributed by atoms with van der Waals surface area (Å²) in [6.45, 7) is 5.37. The van der Waals surface area contributed by atoms with Crippen molar-refractivity contribution in [2.24, 2.45) is 5.10 Å². The van der Waals surface area contributed by atoms with E-state index in [0.717, 1.165) is 11.3 Å². The van der Waals surface area contributed by atoms with Gasteiger partial charge in [-0.25, -0.2) is 0 Å². The Balaban J connectivity index is 2.12. The summed E-state index contributed by atoms with van der Waals surface area (Å²) >= 11 is 5.28. The van der Waals surface area contributed by atoms with Crippen LogP contribution in [0.4, 0.5) is 5.69 Å². The molecule has 0 aliphatic carbocycles. The number of hydrogen-bond acceptors (Lipinski definition) is 6. The Morgan fingerprint density at radius 3 is 2.36 bits per heavy atom. The number of ether oxygens (including phenoxy) is 3. The summed E-state index contributed by atoms with van der Waals surface area (Å²) in [7, 11) is 2.95. The van der Waals surface area contributed by atoms with Crippen molar-refractivity contribution < 1.29 is 19.0 Å². The lowest BCUT2D eigenvalue weighted by atomic mass is 10.1. The average Bonchev–Trinajstić information content (AvgIpc) is 2.65. The quantitative estimate of drug-likeness (QED) is 0.252. The molecule has 0 atom stereocenters. The van der Waals surface area contributed by atoms with E-state index in [1.807, 2.05) is 32.0 Å². The molecule has 2 aromatic carbocycles. The number of aryl methyl sites for hydroxylation is 1. The van der Waals surface area contributed by atoms with E-state index in [1.165, 1.54) is 26.7 Å². The molecule has 0 saturated carbocycles. The zero-order valence-corrected chi connectivity index (χ0v) is 17.3. The smallest absolute Gasteiger partial charge is 0.308 e. The molecule has 0 spiro atoms. The highest BCUT2D eigenvalue weighted by atomic mass is 32.1. The first kappa shape index (κ1) is 21.2. The van der Waals surface area contributed by atoms with Crippen molar-refractivity contribution in [3.05, 3.63) is 47.0 Å². The van der Waals surface area contributed by atoms with Gasteiger partial charge < -0.3 is 19.5 Å². The third kappa shape index (κ3) is 5.43. The molecule has 0 unspecified atom stereocenters. The summed E-state index contributed by atoms with van der Waals surface area (Å²) in [6, 6.07) is 9.29. The van der Waals surface area contributed by atoms with Crippen LogP contribution >= 0.6 is 12.2 Å². The molecule has 7 nitrogen and oxygen atoms in total. The lowest BCUT2D eigenvalue weighted by Crippen LogP contribution is -2.24. The van der Waals surface area contributed by atoms with Crippen LogP contribution in [0.2, 0.25) is 0 Å². The highest BCUT2D eigenvalue weighted by Crippen LogP contribution is 2.38. The van der Waals surface area contributed by atoms with Crippen LogP contribution in [0.25, 0.3) is 0 Å². The Labute approximate surface area is 169 Å². The summed E-state index contributed by atoms with van der Waals surface area (Å²) in [5, 5.41) is 7.61. The van der Waals surface area contributed by atoms with Crippen LogP contribution in [0.15, 0.2) is 35.4 Å². The number of esters is 1. The molecule has 0 aromatic heterocycles. The van der Waals surface area contributed by atoms with E-state index < -0.39 is 5.97 Å². The lowest BCUT2D eigenvalue weighted by molar-refractivity contribution is -0.132. The molecule has 0 saturated heterocycles. The maximum Gasteiger partial charge on any atom is 0.308 e. The van der Waals surface area contributed by atoms with Gasteiger partial charge in [0.15, 0.2) is 16.6 Å². The monoisotopic (exact) mass is 401 g/mol. The van der Waals surface area contributed by atoms with Gasteiger partial charge in [0.2, 0.25) is 5.75 Å². The number of carbonyl (C=O) groups excluding carboxylic acids is 1. The molecule has 0 amide bonds. The molecular formula is C20H23N3O4S. The number of nitrogens with one attached hydrogen (secondary N) is 2. The summed E-state index contributed by atoms with van der Waals surface area (Å²) in [4.78, 5) is 11.3. The van der Waals surface area contributed by atoms with E-state index in [2.05, 4.69) is 15.8 Å². The van der Waals surface area contributed by atoms with Crippen molar-refractivity contribution >= 4 is 35.2 Å². The minimum Gasteiger partial charge on any atom is -0.493 e. The zero-order valence-electron chi connectivity index (χ0n) is 16.5. The molecule has 8 heteroatoms. The predicted octanol–water partition coefficient (Wildman–Crippen LogP) is 3.57. The number of thiocarbonyl (C=S) groups is 1. The van der Waals surface area contributed by atoms with Crippen LogP contribution in [-0.2, 0) is 4.79 Å². The molecule has 0 fully saturated rings. The number of benzene rings is 2. The van der Waals surface area contributed by atoms with Crippen molar-refractivity contribution in [2.75, 3.05) is 19.5 Å². The van der Waals surface area contributed by atoms with E-state index in [1.54, 1.807) is 18.3 Å². The highest BCUT2D eigenvalue weighted by Gasteiger charge is 2.15. The fourth-order valence-electron chi connectivity index (χ4n) is 2.42. The van der Waals surface area contributed by atoms with Gasteiger partial charge in [-0.05, 0) is 55.4 Å². The second-order valence-electron chi connectivity index (χ2n) is 5.92. The maximum atomic E-state index is 11.3. The van der Waals surface area contributed by atoms with Crippen LogP contribution in [0.1, 0.15) is 23.6 Å². The van der Waals surface area contributed by atoms with Gasteiger partial charge in [-0.3, -0.25) is 10.2 Å². The fourth-order valence-corrected chi connectivity index (χ4v) is 2.58. The van der Waals surface area contributed by atoms with Gasteiger partial charge in [0.1, 0.15) is 0 Å². The summed E-state index contributed by atoms with van der Waals surface area (Å²) in [5.74, 6) is 0.455. The van der Waals surface area contributed by atoms with Crippen molar-refractivity contribution in [3.63, 3.8) is 0 Å². The first-order chi connectivity index (χ1) is 13.3. The van der Waals surface area contributed by atoms with Gasteiger partial charge in [-0.15, -0.1) is 0 Å². The molecule has 28 heavy (non-hydrogen) atoms. The number of hydrogen-bond donors (Lipinski definition) is 2. The van der Waals surface area contributed by atoms with Gasteiger partial charge in [-0.2, -0.15) is 5.10 Å². The Morgan fingerprint density at radius 1 is 1.14 bits per heavy atom. The van der Waals surface area contributed by atoms with Crippen molar-refractivity contribution in [1.29, 1.82) is 0 Å². The second kappa shape index (κ2) is 9.70. The summed E-state index contributed by atoms with van der Waals surface area (Å²) in [6.07, 6.45) is 1.56. The van der Waals surface area contributed by atoms with E-state index in [9.17, 15) is 4.79 Å². The molecule has 2 N–H and O–H groups in total. The molecule has 0 radical (unpaired) electrons. The molecule has 0 aliphatic rings. The van der Waals surface area contributed by atoms with Gasteiger partial charge in [0.25, 0.3) is 0 Å². The molecule has 2 aromatic rings. The number of nitrogens with zero attached hydrogens (tertiary/aromatic N) is 1. The minimum absolute atomic E-state index is 0.217. The topological polar surface area (TPSA) is 81.2 Å². The number of carbonyl (C=O) groups is 1. The van der Waals surface area contributed by atoms with Crippen molar-refractivity contribution in [2.45, 2.75) is 20.8 Å². The van der Waals surface area contributed by atoms with Gasteiger partial charge >= 0.3 is 5.97 Å². The Bertz CT molecular complexity index is 887. The van der Waals surface area contributed by atoms with Gasteiger partial charge in [0, 0.05) is 18.2 Å². The molecule has 0 bridgehead atoms. The Kier molecular flexibility index (Phi) is 7.34. The molecule has 0 heterocycles. The Hall–Kier alpha value is -3.13. The lowest BCUT2D eigenvalue weighted by Gasteiger charge is -2.13. The molecule has 148 valence electrons. The van der Waals surface area contributed by atoms with Crippen molar-refractivity contribution in [3.8, 4) is 17.2 Å². The zero-order chi connectivity index (χ0) is 20.7. The van der Waals surface area contributed by atoms with Crippen LogP contribution < -0.4 is 25.0 Å². The summed E-state index contributed by atoms with van der Waals surface area (Å²) < 4.78 is 15.7. The molecule has 0 aliphatic heterocycles. The summed E-state index contributed by atoms with van der Waals surface area (Å²) in [5.41, 5.74) is 6.65. The molecular weight excluding hydrogens is 378 g/mol. The Morgan fingerprint density at radius 2 is 1.79 bits per heavy atom. The normalized spacial score (nSPS) is 10.5. The van der Waals surface area contributed by atoms with E-state index in [0.29, 0.717) is 22.2 Å². The largest absolute Gasteiger partial charge is 0.493 e. The number of anilines is 1. The predicted molar refractivity (Wildman–Crippen MR) is 114 cm³/mol. The van der Waals surface area contributed by atoms with Crippen molar-refractivity contribution in [1.82, 2.24) is 5.43 Å². The van der Waals surface area contributed by atoms with Crippen LogP contribution in [0.5, 0.6) is 17.2 Å². The van der Waals surface area contributed by atoms with Crippen LogP contribution in [0.3, 0.4) is 0 Å². The third-order valence-corrected chi connectivity index (χ3v) is 4.15. The van der Waals surface area contributed by atoms with E-state index in [4.69, 9.17) is 26.4 Å². The number of hydrazone groups is 1. The van der Waals surface area contributed by atoms with Gasteiger partial charge in [0.05, 0.1) is 20.4 Å². The van der Waals surface area contributed by atoms with E-state index in [-0.39, 0.29) is 5.75 Å². The average molecular weight is 401 g/mol. The van der Waals surface area contributed by atoms with Gasteiger partial charge in [-0.1, -0.05) is 12.1 Å². The van der Waals surface area contributed by atoms with Crippen LogP contribution in [0, 0.1) is 13.8 Å². The standard InChI is InChI=1S/C20H23N3O4S/c1-12-7-6-8-16(13(12)2)22-20(28)23-21-11-15-9-17(25-4)19(27-14(3)24)18(10-15)26-5/h6-11H,1-5H3,(H2,22,23,28)/b21-11-. The number of rotatable bonds is 6. The maximum absolute atomic E-state index is 11.3. The third-order valence-electron chi connectivity index (χ3n) is 3.96. The van der Waals surface area contributed by atoms with E-state index >= 15 is 0 Å².